The molecule has 0 aromatic heterocycles. The number of aliphatic hydroxyl groups excluding tert-OH is 1. The Morgan fingerprint density at radius 3 is 1.99 bits per heavy atom. The molecule has 4 N–H and O–H groups in total. The summed E-state index contributed by atoms with van der Waals surface area (Å²) >= 11 is 0. The van der Waals surface area contributed by atoms with E-state index in [-0.39, 0.29) is 40.9 Å². The van der Waals surface area contributed by atoms with Crippen molar-refractivity contribution in [2.75, 3.05) is 6.61 Å². The number of nitrogens with one attached hydrogen (secondary N) is 1. The summed E-state index contributed by atoms with van der Waals surface area (Å²) in [6.07, 6.45) is -10.4. The predicted octanol–water partition coefficient (Wildman–Crippen LogP) is 3.52. The number of hydrogen-bond acceptors (Lipinski definition) is 16. The van der Waals surface area contributed by atoms with E-state index in [2.05, 4.69) is 5.32 Å². The molecular weight excluding hydrogens is 887 g/mol. The van der Waals surface area contributed by atoms with Crippen LogP contribution in [0, 0.1) is 16.7 Å². The van der Waals surface area contributed by atoms with Gasteiger partial charge in [-0.25, -0.2) is 9.59 Å². The first-order valence-corrected chi connectivity index (χ1v) is 22.1. The number of ketones is 1. The summed E-state index contributed by atoms with van der Waals surface area (Å²) in [6, 6.07) is 22.1. The summed E-state index contributed by atoms with van der Waals surface area (Å²) in [6.45, 7) is 6.15. The molecule has 3 saturated carbocycles. The number of carboxylic acid groups (broad SMARTS) is 1. The molecule has 0 bridgehead atoms. The SMILES string of the molecule is CC(=O)O[C@H]1C(=O)[C@@]2(C)C([C@@]3(OC(=O)c4ccccc4)[C@]4(O)C[C@H](OC(=O)[C@H](OC(=O)CCC(=O)O)[C@@H](NC(=O)c5ccccc5)c5ccccc5)C(C)=C1[C@@]43C)[C@]1(OC(C)=O)CO[C@@H]1C[C@@H]2O. The molecule has 3 aromatic carbocycles. The third-order valence-corrected chi connectivity index (χ3v) is 14.7. The van der Waals surface area contributed by atoms with E-state index in [9.17, 15) is 48.9 Å². The Balaban J connectivity index is 1.30. The highest BCUT2D eigenvalue weighted by molar-refractivity contribution is 5.98. The molecular formula is C50H51NO17. The van der Waals surface area contributed by atoms with Crippen molar-refractivity contribution in [1.29, 1.82) is 0 Å². The van der Waals surface area contributed by atoms with Gasteiger partial charge in [0.25, 0.3) is 5.91 Å². The number of aliphatic hydroxyl groups is 2. The topological polar surface area (TPSA) is 265 Å². The summed E-state index contributed by atoms with van der Waals surface area (Å²) in [4.78, 5) is 110. The Kier molecular flexibility index (Phi) is 12.2. The lowest BCUT2D eigenvalue weighted by Crippen LogP contribution is -2.78. The summed E-state index contributed by atoms with van der Waals surface area (Å²) in [5.41, 5.74) is -10.2. The third-order valence-electron chi connectivity index (χ3n) is 14.7. The van der Waals surface area contributed by atoms with Gasteiger partial charge < -0.3 is 49.1 Å². The maximum absolute atomic E-state index is 15.5. The number of esters is 5. The predicted molar refractivity (Wildman–Crippen MR) is 232 cm³/mol. The van der Waals surface area contributed by atoms with Crippen molar-refractivity contribution in [1.82, 2.24) is 5.32 Å². The van der Waals surface area contributed by atoms with Crippen LogP contribution in [-0.2, 0) is 57.2 Å². The fourth-order valence-electron chi connectivity index (χ4n) is 11.6. The van der Waals surface area contributed by atoms with Crippen molar-refractivity contribution in [2.24, 2.45) is 16.7 Å². The molecule has 1 saturated heterocycles. The second-order valence-corrected chi connectivity index (χ2v) is 18.4. The van der Waals surface area contributed by atoms with E-state index in [0.29, 0.717) is 0 Å². The van der Waals surface area contributed by atoms with Crippen molar-refractivity contribution in [3.05, 3.63) is 119 Å². The van der Waals surface area contributed by atoms with Gasteiger partial charge in [-0.15, -0.1) is 0 Å². The van der Waals surface area contributed by atoms with Gasteiger partial charge in [-0.05, 0) is 61.7 Å². The number of amides is 1. The Labute approximate surface area is 389 Å². The summed E-state index contributed by atoms with van der Waals surface area (Å²) < 4.78 is 36.5. The number of rotatable bonds is 14. The molecule has 358 valence electrons. The average Bonchev–Trinajstić information content (AvgIpc) is 3.73. The van der Waals surface area contributed by atoms with Gasteiger partial charge in [0.1, 0.15) is 23.9 Å². The lowest BCUT2D eigenvalue weighted by atomic mass is 9.51. The zero-order valence-electron chi connectivity index (χ0n) is 37.8. The number of carbonyl (C=O) groups excluding carboxylic acids is 7. The van der Waals surface area contributed by atoms with Crippen LogP contribution >= 0.6 is 0 Å². The van der Waals surface area contributed by atoms with Gasteiger partial charge in [0, 0.05) is 32.3 Å². The molecule has 4 aliphatic carbocycles. The van der Waals surface area contributed by atoms with E-state index in [1.165, 1.54) is 45.0 Å². The number of carboxylic acids is 1. The minimum absolute atomic E-state index is 0.0214. The van der Waals surface area contributed by atoms with Crippen LogP contribution in [0.4, 0.5) is 0 Å². The number of Topliss-reactive ketones (excluding diaryl/α,β-unsaturated/α-hetero) is 1. The number of carbonyl (C=O) groups is 8. The van der Waals surface area contributed by atoms with E-state index >= 15 is 4.79 Å². The normalized spacial score (nSPS) is 32.7. The van der Waals surface area contributed by atoms with Gasteiger partial charge in [-0.1, -0.05) is 66.7 Å². The number of aliphatic carboxylic acids is 1. The highest BCUT2D eigenvalue weighted by atomic mass is 16.6. The van der Waals surface area contributed by atoms with Crippen LogP contribution in [0.1, 0.15) is 92.6 Å². The molecule has 1 heterocycles. The fourth-order valence-corrected chi connectivity index (χ4v) is 11.6. The summed E-state index contributed by atoms with van der Waals surface area (Å²) in [5, 5.41) is 37.9. The Bertz CT molecular complexity index is 2600. The Hall–Kier alpha value is -6.76. The smallest absolute Gasteiger partial charge is 0.350 e. The maximum atomic E-state index is 15.5. The van der Waals surface area contributed by atoms with Crippen LogP contribution in [-0.4, -0.2) is 117 Å². The molecule has 8 rings (SSSR count). The Morgan fingerprint density at radius 2 is 1.43 bits per heavy atom. The molecule has 12 atom stereocenters. The highest BCUT2D eigenvalue weighted by Crippen LogP contribution is 2.84. The minimum Gasteiger partial charge on any atom is -0.481 e. The molecule has 1 amide bonds. The van der Waals surface area contributed by atoms with Crippen molar-refractivity contribution in [2.45, 2.75) is 114 Å². The van der Waals surface area contributed by atoms with Crippen LogP contribution in [0.5, 0.6) is 0 Å². The quantitative estimate of drug-likeness (QED) is 0.102. The van der Waals surface area contributed by atoms with Crippen molar-refractivity contribution in [3.8, 4) is 0 Å². The lowest BCUT2D eigenvalue weighted by Gasteiger charge is -2.63. The van der Waals surface area contributed by atoms with Crippen LogP contribution in [0.3, 0.4) is 0 Å². The van der Waals surface area contributed by atoms with Crippen molar-refractivity contribution < 1.29 is 82.1 Å². The molecule has 4 fully saturated rings. The summed E-state index contributed by atoms with van der Waals surface area (Å²) in [5.74, 6) is -9.72. The largest absolute Gasteiger partial charge is 0.481 e. The van der Waals surface area contributed by atoms with Crippen LogP contribution < -0.4 is 5.32 Å². The second kappa shape index (κ2) is 17.4. The number of fused-ring (bicyclic) bond motifs is 5. The van der Waals surface area contributed by atoms with Crippen LogP contribution in [0.15, 0.2) is 102 Å². The number of benzene rings is 3. The molecule has 1 unspecified atom stereocenters. The Morgan fingerprint density at radius 1 is 0.824 bits per heavy atom. The van der Waals surface area contributed by atoms with Crippen molar-refractivity contribution >= 4 is 47.5 Å². The van der Waals surface area contributed by atoms with E-state index in [1.54, 1.807) is 66.7 Å². The van der Waals surface area contributed by atoms with Crippen molar-refractivity contribution in [3.63, 3.8) is 0 Å². The monoisotopic (exact) mass is 937 g/mol. The lowest BCUT2D eigenvalue weighted by molar-refractivity contribution is -0.337. The van der Waals surface area contributed by atoms with Gasteiger partial charge >= 0.3 is 35.8 Å². The van der Waals surface area contributed by atoms with Gasteiger partial charge in [0.2, 0.25) is 6.10 Å². The minimum atomic E-state index is -2.40. The zero-order valence-corrected chi connectivity index (χ0v) is 37.8. The average molecular weight is 938 g/mol. The molecule has 68 heavy (non-hydrogen) atoms. The van der Waals surface area contributed by atoms with Crippen LogP contribution in [0.2, 0.25) is 0 Å². The van der Waals surface area contributed by atoms with E-state index in [1.807, 2.05) is 0 Å². The maximum Gasteiger partial charge on any atom is 0.350 e. The van der Waals surface area contributed by atoms with E-state index < -0.39 is 137 Å². The molecule has 0 radical (unpaired) electrons. The zero-order chi connectivity index (χ0) is 49.1. The first-order chi connectivity index (χ1) is 32.2. The van der Waals surface area contributed by atoms with Gasteiger partial charge in [0.05, 0.1) is 47.9 Å². The molecule has 1 aliphatic heterocycles. The van der Waals surface area contributed by atoms with Gasteiger partial charge in [-0.3, -0.25) is 28.8 Å². The molecule has 3 aromatic rings. The molecule has 0 spiro atoms. The fraction of sp³-hybridized carbons (Fsp3) is 0.440. The van der Waals surface area contributed by atoms with Crippen LogP contribution in [0.25, 0.3) is 0 Å². The first-order valence-electron chi connectivity index (χ1n) is 22.1. The van der Waals surface area contributed by atoms with Gasteiger partial charge in [-0.2, -0.15) is 0 Å². The van der Waals surface area contributed by atoms with E-state index in [0.717, 1.165) is 13.8 Å². The third kappa shape index (κ3) is 7.27. The highest BCUT2D eigenvalue weighted by Gasteiger charge is 2.99. The second-order valence-electron chi connectivity index (χ2n) is 18.4. The summed E-state index contributed by atoms with van der Waals surface area (Å²) in [7, 11) is 0. The molecule has 18 nitrogen and oxygen atoms in total. The molecule has 18 heteroatoms. The standard InChI is InChI=1S/C50H51NO17/c1-26-32(65-44(61)40(66-36(57)22-21-35(55)56)38(29-15-9-6-10-16-29)51-42(59)30-17-11-7-12-18-30)24-49(62)47(5)37(26)39(64-27(2)52)41(58)46(4)33(54)23-34-48(25-63-34,67-28(3)53)45(46)50(47,49)68-43(60)31-19-13-8-14-20-31/h6-20,32-34,38-40,45,54,62H,21-25H2,1-5H3,(H,51,59)(H,55,56)/t32-,33-,34+,38-,39+,40+,45?,46-,47-,48-,49-,50-/m0/s1. The van der Waals surface area contributed by atoms with E-state index in [4.69, 9.17) is 28.4 Å². The first kappa shape index (κ1) is 47.7. The number of hydrogen-bond donors (Lipinski definition) is 4. The number of ether oxygens (including phenoxy) is 6. The molecule has 5 aliphatic rings. The van der Waals surface area contributed by atoms with Gasteiger partial charge in [0.15, 0.2) is 23.1 Å².